The van der Waals surface area contributed by atoms with Crippen molar-refractivity contribution in [2.45, 2.75) is 6.04 Å². The third kappa shape index (κ3) is 3.35. The number of methoxy groups -OCH3 is 2. The minimum absolute atomic E-state index is 0.224. The Kier molecular flexibility index (Phi) is 4.74. The fraction of sp³-hybridized carbons (Fsp3) is 0.222. The Morgan fingerprint density at radius 3 is 2.72 bits per heavy atom. The quantitative estimate of drug-likeness (QED) is 0.907. The van der Waals surface area contributed by atoms with Crippen LogP contribution in [0.1, 0.15) is 32.3 Å². The number of carbonyl (C=O) groups is 2. The maximum atomic E-state index is 12.5. The smallest absolute Gasteiger partial charge is 0.295 e. The molecule has 7 nitrogen and oxygen atoms in total. The van der Waals surface area contributed by atoms with Gasteiger partial charge in [-0.15, -0.1) is 5.11 Å². The molecule has 128 valence electrons. The second-order valence-electron chi connectivity index (χ2n) is 5.40. The van der Waals surface area contributed by atoms with Gasteiger partial charge in [0.1, 0.15) is 17.5 Å². The van der Waals surface area contributed by atoms with Crippen LogP contribution in [0.3, 0.4) is 0 Å². The molecule has 0 spiro atoms. The lowest BCUT2D eigenvalue weighted by Crippen LogP contribution is -2.29. The molecular formula is C18H17N3O4. The third-order valence-electron chi connectivity index (χ3n) is 3.95. The number of rotatable bonds is 5. The maximum absolute atomic E-state index is 12.5. The number of hydrogen-bond donors (Lipinski definition) is 1. The summed E-state index contributed by atoms with van der Waals surface area (Å²) in [6, 6.07) is 11.7. The average Bonchev–Trinajstić information content (AvgIpc) is 2.67. The number of carbonyl (C=O) groups excluding carboxylic acids is 2. The Balaban J connectivity index is 1.75. The van der Waals surface area contributed by atoms with Crippen LogP contribution < -0.4 is 14.8 Å². The Hall–Kier alpha value is -3.22. The van der Waals surface area contributed by atoms with Crippen LogP contribution in [-0.4, -0.2) is 32.6 Å². The zero-order valence-electron chi connectivity index (χ0n) is 13.9. The molecule has 1 unspecified atom stereocenters. The zero-order valence-corrected chi connectivity index (χ0v) is 13.9. The van der Waals surface area contributed by atoms with E-state index in [4.69, 9.17) is 9.47 Å². The number of benzene rings is 2. The molecule has 3 rings (SSSR count). The molecule has 0 aromatic heterocycles. The van der Waals surface area contributed by atoms with Gasteiger partial charge in [-0.2, -0.15) is 5.11 Å². The SMILES string of the molecule is COc1ccc(C(=O)NCC2N=NC(=O)c3ccccc32)c(OC)c1. The topological polar surface area (TPSA) is 89.4 Å². The summed E-state index contributed by atoms with van der Waals surface area (Å²) in [6.07, 6.45) is 0. The molecule has 1 heterocycles. The van der Waals surface area contributed by atoms with Gasteiger partial charge in [-0.05, 0) is 23.8 Å². The normalized spacial score (nSPS) is 15.4. The summed E-state index contributed by atoms with van der Waals surface area (Å²) in [5.74, 6) is 0.346. The summed E-state index contributed by atoms with van der Waals surface area (Å²) < 4.78 is 10.4. The van der Waals surface area contributed by atoms with Crippen molar-refractivity contribution >= 4 is 11.8 Å². The first kappa shape index (κ1) is 16.6. The molecular weight excluding hydrogens is 322 g/mol. The van der Waals surface area contributed by atoms with Crippen molar-refractivity contribution < 1.29 is 19.1 Å². The van der Waals surface area contributed by atoms with Gasteiger partial charge in [0, 0.05) is 18.2 Å². The van der Waals surface area contributed by atoms with E-state index in [1.807, 2.05) is 12.1 Å². The first-order valence-electron chi connectivity index (χ1n) is 7.68. The van der Waals surface area contributed by atoms with Gasteiger partial charge in [0.2, 0.25) is 0 Å². The van der Waals surface area contributed by atoms with Gasteiger partial charge in [0.25, 0.3) is 11.8 Å². The summed E-state index contributed by atoms with van der Waals surface area (Å²) >= 11 is 0. The van der Waals surface area contributed by atoms with E-state index in [0.717, 1.165) is 5.56 Å². The molecule has 1 N–H and O–H groups in total. The van der Waals surface area contributed by atoms with E-state index >= 15 is 0 Å². The zero-order chi connectivity index (χ0) is 17.8. The summed E-state index contributed by atoms with van der Waals surface area (Å²) in [4.78, 5) is 24.2. The van der Waals surface area contributed by atoms with Crippen molar-refractivity contribution in [3.05, 3.63) is 59.2 Å². The number of azo groups is 1. The molecule has 25 heavy (non-hydrogen) atoms. The molecule has 0 bridgehead atoms. The molecule has 2 aromatic rings. The van der Waals surface area contributed by atoms with Crippen molar-refractivity contribution in [2.75, 3.05) is 20.8 Å². The minimum Gasteiger partial charge on any atom is -0.497 e. The highest BCUT2D eigenvalue weighted by molar-refractivity contribution is 5.98. The first-order valence-corrected chi connectivity index (χ1v) is 7.68. The molecule has 0 aliphatic carbocycles. The van der Waals surface area contributed by atoms with Gasteiger partial charge in [0.15, 0.2) is 0 Å². The molecule has 1 aliphatic rings. The molecule has 0 saturated carbocycles. The van der Waals surface area contributed by atoms with Crippen LogP contribution in [0.2, 0.25) is 0 Å². The van der Waals surface area contributed by atoms with Crippen molar-refractivity contribution in [2.24, 2.45) is 10.2 Å². The Morgan fingerprint density at radius 2 is 1.96 bits per heavy atom. The van der Waals surface area contributed by atoms with E-state index in [0.29, 0.717) is 22.6 Å². The van der Waals surface area contributed by atoms with Crippen molar-refractivity contribution in [3.8, 4) is 11.5 Å². The van der Waals surface area contributed by atoms with Crippen LogP contribution in [0, 0.1) is 0 Å². The molecule has 0 radical (unpaired) electrons. The van der Waals surface area contributed by atoms with Crippen LogP contribution in [0.4, 0.5) is 0 Å². The monoisotopic (exact) mass is 339 g/mol. The van der Waals surface area contributed by atoms with Gasteiger partial charge >= 0.3 is 0 Å². The average molecular weight is 339 g/mol. The molecule has 1 atom stereocenters. The van der Waals surface area contributed by atoms with E-state index < -0.39 is 6.04 Å². The maximum Gasteiger partial charge on any atom is 0.295 e. The van der Waals surface area contributed by atoms with Crippen LogP contribution >= 0.6 is 0 Å². The Bertz CT molecular complexity index is 848. The number of nitrogens with zero attached hydrogens (tertiary/aromatic N) is 2. The fourth-order valence-corrected chi connectivity index (χ4v) is 2.64. The van der Waals surface area contributed by atoms with Crippen LogP contribution in [0.5, 0.6) is 11.5 Å². The lowest BCUT2D eigenvalue weighted by molar-refractivity contribution is 0.0947. The number of ether oxygens (including phenoxy) is 2. The summed E-state index contributed by atoms with van der Waals surface area (Å²) in [6.45, 7) is 0.224. The van der Waals surface area contributed by atoms with Crippen molar-refractivity contribution in [3.63, 3.8) is 0 Å². The fourth-order valence-electron chi connectivity index (χ4n) is 2.64. The van der Waals surface area contributed by atoms with E-state index in [9.17, 15) is 9.59 Å². The molecule has 2 amide bonds. The van der Waals surface area contributed by atoms with Crippen LogP contribution in [0.25, 0.3) is 0 Å². The van der Waals surface area contributed by atoms with E-state index in [1.54, 1.807) is 37.4 Å². The molecule has 0 saturated heterocycles. The molecule has 1 aliphatic heterocycles. The third-order valence-corrected chi connectivity index (χ3v) is 3.95. The predicted molar refractivity (Wildman–Crippen MR) is 90.2 cm³/mol. The highest BCUT2D eigenvalue weighted by Gasteiger charge is 2.24. The molecule has 2 aromatic carbocycles. The highest BCUT2D eigenvalue weighted by Crippen LogP contribution is 2.27. The number of nitrogens with one attached hydrogen (secondary N) is 1. The largest absolute Gasteiger partial charge is 0.497 e. The number of amides is 2. The standard InChI is InChI=1S/C18H17N3O4/c1-24-11-7-8-14(16(9-11)25-2)17(22)19-10-15-12-5-3-4-6-13(12)18(23)21-20-15/h3-9,15H,10H2,1-2H3,(H,19,22). The predicted octanol–water partition coefficient (Wildman–Crippen LogP) is 2.78. The number of fused-ring (bicyclic) bond motifs is 1. The van der Waals surface area contributed by atoms with Gasteiger partial charge in [-0.1, -0.05) is 18.2 Å². The van der Waals surface area contributed by atoms with Gasteiger partial charge in [0.05, 0.1) is 19.8 Å². The van der Waals surface area contributed by atoms with E-state index in [1.165, 1.54) is 7.11 Å². The first-order chi connectivity index (χ1) is 12.1. The second-order valence-corrected chi connectivity index (χ2v) is 5.40. The van der Waals surface area contributed by atoms with E-state index in [-0.39, 0.29) is 18.4 Å². The summed E-state index contributed by atoms with van der Waals surface area (Å²) in [7, 11) is 3.03. The molecule has 7 heteroatoms. The minimum atomic E-state index is -0.401. The van der Waals surface area contributed by atoms with Gasteiger partial charge in [-0.25, -0.2) is 0 Å². The summed E-state index contributed by atoms with van der Waals surface area (Å²) in [5.41, 5.74) is 1.66. The summed E-state index contributed by atoms with van der Waals surface area (Å²) in [5, 5.41) is 10.5. The van der Waals surface area contributed by atoms with Crippen LogP contribution in [0.15, 0.2) is 52.7 Å². The lowest BCUT2D eigenvalue weighted by atomic mass is 9.99. The Morgan fingerprint density at radius 1 is 1.16 bits per heavy atom. The van der Waals surface area contributed by atoms with E-state index in [2.05, 4.69) is 15.5 Å². The molecule has 0 fully saturated rings. The lowest BCUT2D eigenvalue weighted by Gasteiger charge is -2.18. The highest BCUT2D eigenvalue weighted by atomic mass is 16.5. The van der Waals surface area contributed by atoms with Crippen LogP contribution in [-0.2, 0) is 0 Å². The van der Waals surface area contributed by atoms with Gasteiger partial charge < -0.3 is 14.8 Å². The van der Waals surface area contributed by atoms with Gasteiger partial charge in [-0.3, -0.25) is 9.59 Å². The van der Waals surface area contributed by atoms with Crippen molar-refractivity contribution in [1.29, 1.82) is 0 Å². The Labute approximate surface area is 144 Å². The second kappa shape index (κ2) is 7.12. The number of hydrogen-bond acceptors (Lipinski definition) is 5. The van der Waals surface area contributed by atoms with Crippen molar-refractivity contribution in [1.82, 2.24) is 5.32 Å².